The van der Waals surface area contributed by atoms with Crippen molar-refractivity contribution in [3.8, 4) is 17.1 Å². The summed E-state index contributed by atoms with van der Waals surface area (Å²) in [6.07, 6.45) is 5.43. The molecule has 6 rings (SSSR count). The fourth-order valence-corrected chi connectivity index (χ4v) is 5.50. The largest absolute Gasteiger partial charge is 0.310 e. The van der Waals surface area contributed by atoms with Crippen molar-refractivity contribution in [2.45, 2.75) is 12.2 Å². The number of aromatic nitrogens is 6. The van der Waals surface area contributed by atoms with E-state index >= 15 is 0 Å². The highest BCUT2D eigenvalue weighted by Crippen LogP contribution is 2.46. The molecule has 1 aliphatic heterocycles. The molecule has 1 aliphatic rings. The summed E-state index contributed by atoms with van der Waals surface area (Å²) in [5.74, 6) is 1.03. The second-order valence-corrected chi connectivity index (χ2v) is 9.31. The molecule has 8 nitrogen and oxygen atoms in total. The van der Waals surface area contributed by atoms with Crippen LogP contribution in [-0.4, -0.2) is 41.2 Å². The highest BCUT2D eigenvalue weighted by molar-refractivity contribution is 8.00. The van der Waals surface area contributed by atoms with E-state index in [2.05, 4.69) is 38.6 Å². The van der Waals surface area contributed by atoms with Gasteiger partial charge >= 0.3 is 0 Å². The molecule has 0 radical (unpaired) electrons. The number of amides is 1. The molecule has 0 bridgehead atoms. The van der Waals surface area contributed by atoms with Crippen LogP contribution in [0, 0.1) is 6.92 Å². The Morgan fingerprint density at radius 1 is 1.09 bits per heavy atom. The number of carbonyl (C=O) groups excluding carboxylic acids is 1. The number of thioether (sulfide) groups is 1. The van der Waals surface area contributed by atoms with Crippen LogP contribution in [-0.2, 0) is 11.8 Å². The van der Waals surface area contributed by atoms with Crippen molar-refractivity contribution in [3.05, 3.63) is 83.9 Å². The van der Waals surface area contributed by atoms with Gasteiger partial charge in [-0.15, -0.1) is 11.8 Å². The molecule has 168 valence electrons. The van der Waals surface area contributed by atoms with Crippen LogP contribution < -0.4 is 5.32 Å². The molecule has 0 saturated carbocycles. The molecular formula is C25H21N7OS. The molecule has 0 fully saturated rings. The van der Waals surface area contributed by atoms with Crippen molar-refractivity contribution in [2.24, 2.45) is 7.05 Å². The van der Waals surface area contributed by atoms with Crippen molar-refractivity contribution in [2.75, 3.05) is 11.1 Å². The van der Waals surface area contributed by atoms with Gasteiger partial charge in [-0.3, -0.25) is 19.4 Å². The maximum Gasteiger partial charge on any atom is 0.235 e. The number of benzene rings is 1. The van der Waals surface area contributed by atoms with Crippen molar-refractivity contribution in [1.29, 1.82) is 0 Å². The Labute approximate surface area is 200 Å². The van der Waals surface area contributed by atoms with E-state index < -0.39 is 0 Å². The lowest BCUT2D eigenvalue weighted by molar-refractivity contribution is -0.113. The number of nitrogens with one attached hydrogen (secondary N) is 1. The van der Waals surface area contributed by atoms with E-state index in [1.807, 2.05) is 55.2 Å². The fourth-order valence-electron chi connectivity index (χ4n) is 4.38. The molecule has 0 spiro atoms. The Hall–Kier alpha value is -3.98. The maximum absolute atomic E-state index is 12.5. The molecule has 4 aromatic heterocycles. The standard InChI is InChI=1S/C25H21N7OS/c1-15-11-18(8-10-26-15)32-20-7-6-16(12-17(20)13-28-32)24-22-23(19-5-3-4-9-27-19)30-31(2)25(22)29-21(33)14-34-24/h3-13,24H,14H2,1-2H3,(H,29,33). The van der Waals surface area contributed by atoms with Crippen LogP contribution in [0.5, 0.6) is 0 Å². The molecule has 1 unspecified atom stereocenters. The van der Waals surface area contributed by atoms with Gasteiger partial charge in [-0.2, -0.15) is 10.2 Å². The Balaban J connectivity index is 1.49. The highest BCUT2D eigenvalue weighted by atomic mass is 32.2. The molecule has 34 heavy (non-hydrogen) atoms. The topological polar surface area (TPSA) is 90.5 Å². The third-order valence-electron chi connectivity index (χ3n) is 5.91. The van der Waals surface area contributed by atoms with Gasteiger partial charge in [0.1, 0.15) is 11.5 Å². The van der Waals surface area contributed by atoms with Crippen LogP contribution in [0.4, 0.5) is 5.82 Å². The van der Waals surface area contributed by atoms with Gasteiger partial charge in [-0.1, -0.05) is 12.1 Å². The van der Waals surface area contributed by atoms with Gasteiger partial charge in [0.15, 0.2) is 0 Å². The minimum atomic E-state index is -0.0874. The highest BCUT2D eigenvalue weighted by Gasteiger charge is 2.32. The van der Waals surface area contributed by atoms with E-state index in [0.717, 1.165) is 44.8 Å². The first-order valence-corrected chi connectivity index (χ1v) is 11.9. The zero-order chi connectivity index (χ0) is 23.2. The minimum absolute atomic E-state index is 0.0359. The number of pyridine rings is 2. The average molecular weight is 468 g/mol. The molecule has 5 heterocycles. The SMILES string of the molecule is Cc1cc(-n2ncc3cc(C4SCC(=O)Nc5c4c(-c4ccccn4)nn5C)ccc32)ccn1. The predicted molar refractivity (Wildman–Crippen MR) is 133 cm³/mol. The molecule has 5 aromatic rings. The van der Waals surface area contributed by atoms with Gasteiger partial charge < -0.3 is 5.32 Å². The van der Waals surface area contributed by atoms with Crippen molar-refractivity contribution in [1.82, 2.24) is 29.5 Å². The third kappa shape index (κ3) is 3.45. The summed E-state index contributed by atoms with van der Waals surface area (Å²) in [7, 11) is 1.85. The summed E-state index contributed by atoms with van der Waals surface area (Å²) in [5.41, 5.74) is 6.54. The van der Waals surface area contributed by atoms with Crippen molar-refractivity contribution in [3.63, 3.8) is 0 Å². The first kappa shape index (κ1) is 20.6. The van der Waals surface area contributed by atoms with Gasteiger partial charge in [0, 0.05) is 36.1 Å². The molecule has 1 aromatic carbocycles. The fraction of sp³-hybridized carbons (Fsp3) is 0.160. The predicted octanol–water partition coefficient (Wildman–Crippen LogP) is 4.30. The number of rotatable bonds is 3. The summed E-state index contributed by atoms with van der Waals surface area (Å²) in [6.45, 7) is 1.97. The number of carbonyl (C=O) groups is 1. The second kappa shape index (κ2) is 8.11. The lowest BCUT2D eigenvalue weighted by Crippen LogP contribution is -2.15. The van der Waals surface area contributed by atoms with Crippen LogP contribution in [0.1, 0.15) is 22.1 Å². The Kier molecular flexibility index (Phi) is 4.91. The average Bonchev–Trinajstić information content (AvgIpc) is 3.35. The molecule has 9 heteroatoms. The monoisotopic (exact) mass is 467 g/mol. The summed E-state index contributed by atoms with van der Waals surface area (Å²) in [5, 5.41) is 13.3. The minimum Gasteiger partial charge on any atom is -0.310 e. The zero-order valence-electron chi connectivity index (χ0n) is 18.6. The number of anilines is 1. The molecule has 1 N–H and O–H groups in total. The first-order valence-electron chi connectivity index (χ1n) is 10.9. The molecule has 1 amide bonds. The Morgan fingerprint density at radius 3 is 2.82 bits per heavy atom. The molecule has 0 aliphatic carbocycles. The van der Waals surface area contributed by atoms with Gasteiger partial charge in [0.25, 0.3) is 0 Å². The van der Waals surface area contributed by atoms with E-state index in [1.54, 1.807) is 28.8 Å². The summed E-state index contributed by atoms with van der Waals surface area (Å²) < 4.78 is 3.66. The van der Waals surface area contributed by atoms with Crippen LogP contribution in [0.15, 0.2) is 67.1 Å². The van der Waals surface area contributed by atoms with Crippen molar-refractivity contribution >= 4 is 34.4 Å². The van der Waals surface area contributed by atoms with E-state index in [9.17, 15) is 4.79 Å². The van der Waals surface area contributed by atoms with E-state index in [-0.39, 0.29) is 11.2 Å². The first-order chi connectivity index (χ1) is 16.6. The summed E-state index contributed by atoms with van der Waals surface area (Å²) in [6, 6.07) is 16.1. The van der Waals surface area contributed by atoms with E-state index in [4.69, 9.17) is 5.10 Å². The molecule has 0 saturated heterocycles. The third-order valence-corrected chi connectivity index (χ3v) is 7.18. The number of aryl methyl sites for hydroxylation is 2. The van der Waals surface area contributed by atoms with Crippen LogP contribution in [0.25, 0.3) is 28.0 Å². The lowest BCUT2D eigenvalue weighted by Gasteiger charge is -2.16. The normalized spacial score (nSPS) is 15.7. The van der Waals surface area contributed by atoms with Crippen molar-refractivity contribution < 1.29 is 4.79 Å². The van der Waals surface area contributed by atoms with Gasteiger partial charge in [-0.25, -0.2) is 4.68 Å². The number of hydrogen-bond donors (Lipinski definition) is 1. The Morgan fingerprint density at radius 2 is 2.00 bits per heavy atom. The van der Waals surface area contributed by atoms with Crippen LogP contribution in [0.2, 0.25) is 0 Å². The van der Waals surface area contributed by atoms with Gasteiger partial charge in [0.05, 0.1) is 34.1 Å². The maximum atomic E-state index is 12.5. The van der Waals surface area contributed by atoms with Gasteiger partial charge in [0.2, 0.25) is 5.91 Å². The number of fused-ring (bicyclic) bond motifs is 2. The lowest BCUT2D eigenvalue weighted by atomic mass is 10.0. The zero-order valence-corrected chi connectivity index (χ0v) is 19.5. The van der Waals surface area contributed by atoms with E-state index in [0.29, 0.717) is 11.6 Å². The summed E-state index contributed by atoms with van der Waals surface area (Å²) >= 11 is 1.60. The van der Waals surface area contributed by atoms with Gasteiger partial charge in [-0.05, 0) is 48.9 Å². The number of hydrogen-bond acceptors (Lipinski definition) is 6. The van der Waals surface area contributed by atoms with Crippen LogP contribution >= 0.6 is 11.8 Å². The summed E-state index contributed by atoms with van der Waals surface area (Å²) in [4.78, 5) is 21.3. The molecular weight excluding hydrogens is 446 g/mol. The second-order valence-electron chi connectivity index (χ2n) is 8.22. The van der Waals surface area contributed by atoms with Crippen LogP contribution in [0.3, 0.4) is 0 Å². The smallest absolute Gasteiger partial charge is 0.235 e. The Bertz CT molecular complexity index is 1540. The number of nitrogens with zero attached hydrogens (tertiary/aromatic N) is 6. The quantitative estimate of drug-likeness (QED) is 0.426. The molecule has 1 atom stereocenters. The van der Waals surface area contributed by atoms with E-state index in [1.165, 1.54) is 0 Å².